The lowest BCUT2D eigenvalue weighted by Gasteiger charge is -2.06. The van der Waals surface area contributed by atoms with E-state index in [2.05, 4.69) is 20.9 Å². The summed E-state index contributed by atoms with van der Waals surface area (Å²) in [6.45, 7) is 0. The van der Waals surface area contributed by atoms with Gasteiger partial charge in [0.25, 0.3) is 5.69 Å². The molecule has 1 N–H and O–H groups in total. The van der Waals surface area contributed by atoms with E-state index in [1.807, 2.05) is 0 Å². The maximum atomic E-state index is 10.7. The van der Waals surface area contributed by atoms with Gasteiger partial charge in [-0.15, -0.1) is 0 Å². The highest BCUT2D eigenvalue weighted by Crippen LogP contribution is 2.33. The molecule has 108 valence electrons. The van der Waals surface area contributed by atoms with E-state index < -0.39 is 4.92 Å². The van der Waals surface area contributed by atoms with Crippen molar-refractivity contribution in [3.63, 3.8) is 0 Å². The van der Waals surface area contributed by atoms with E-state index in [1.54, 1.807) is 24.3 Å². The number of aromatic hydroxyl groups is 1. The van der Waals surface area contributed by atoms with Crippen LogP contribution in [0.2, 0.25) is 0 Å². The van der Waals surface area contributed by atoms with Crippen molar-refractivity contribution in [3.05, 3.63) is 56.5 Å². The van der Waals surface area contributed by atoms with Crippen molar-refractivity contribution in [3.8, 4) is 11.5 Å². The average Bonchev–Trinajstić information content (AvgIpc) is 2.48. The summed E-state index contributed by atoms with van der Waals surface area (Å²) in [5, 5.41) is 20.7. The topological polar surface area (TPSA) is 85.0 Å². The number of methoxy groups -OCH3 is 1. The number of benzene rings is 2. The number of nitrogens with zero attached hydrogens (tertiary/aromatic N) is 2. The molecule has 0 spiro atoms. The van der Waals surface area contributed by atoms with Crippen LogP contribution in [0, 0.1) is 10.1 Å². The summed E-state index contributed by atoms with van der Waals surface area (Å²) < 4.78 is 5.76. The molecule has 0 radical (unpaired) electrons. The van der Waals surface area contributed by atoms with Gasteiger partial charge in [0, 0.05) is 28.4 Å². The van der Waals surface area contributed by atoms with E-state index in [4.69, 9.17) is 4.74 Å². The average molecular weight is 351 g/mol. The molecule has 0 heterocycles. The summed E-state index contributed by atoms with van der Waals surface area (Å²) in [6, 6.07) is 9.21. The van der Waals surface area contributed by atoms with E-state index in [0.717, 1.165) is 4.47 Å². The van der Waals surface area contributed by atoms with Crippen LogP contribution in [-0.4, -0.2) is 23.4 Å². The lowest BCUT2D eigenvalue weighted by Crippen LogP contribution is -1.89. The Morgan fingerprint density at radius 3 is 2.81 bits per heavy atom. The fraction of sp³-hybridized carbons (Fsp3) is 0.0714. The Morgan fingerprint density at radius 1 is 1.38 bits per heavy atom. The molecule has 2 aromatic carbocycles. The lowest BCUT2D eigenvalue weighted by atomic mass is 10.2. The molecule has 6 nitrogen and oxygen atoms in total. The lowest BCUT2D eigenvalue weighted by molar-refractivity contribution is -0.384. The minimum absolute atomic E-state index is 0.0410. The number of hydrogen-bond acceptors (Lipinski definition) is 5. The largest absolute Gasteiger partial charge is 0.504 e. The van der Waals surface area contributed by atoms with Gasteiger partial charge in [0.05, 0.1) is 17.7 Å². The second kappa shape index (κ2) is 6.36. The first-order valence-electron chi connectivity index (χ1n) is 5.86. The van der Waals surface area contributed by atoms with Crippen molar-refractivity contribution in [2.45, 2.75) is 0 Å². The zero-order chi connectivity index (χ0) is 15.4. The summed E-state index contributed by atoms with van der Waals surface area (Å²) >= 11 is 3.30. The number of phenols is 1. The van der Waals surface area contributed by atoms with Gasteiger partial charge in [-0.3, -0.25) is 15.1 Å². The molecule has 0 aliphatic heterocycles. The molecular weight excluding hydrogens is 340 g/mol. The minimum atomic E-state index is -0.487. The van der Waals surface area contributed by atoms with Crippen LogP contribution in [0.5, 0.6) is 11.5 Å². The van der Waals surface area contributed by atoms with E-state index in [-0.39, 0.29) is 11.4 Å². The molecule has 2 rings (SSSR count). The predicted molar refractivity (Wildman–Crippen MR) is 82.7 cm³/mol. The Morgan fingerprint density at radius 2 is 2.14 bits per heavy atom. The van der Waals surface area contributed by atoms with Crippen LogP contribution in [-0.2, 0) is 0 Å². The number of phenolic OH excluding ortho intramolecular Hbond substituents is 1. The third-order valence-corrected chi connectivity index (χ3v) is 3.14. The summed E-state index contributed by atoms with van der Waals surface area (Å²) in [5.74, 6) is 0.264. The second-order valence-electron chi connectivity index (χ2n) is 4.08. The van der Waals surface area contributed by atoms with Crippen molar-refractivity contribution < 1.29 is 14.8 Å². The first-order valence-corrected chi connectivity index (χ1v) is 6.65. The summed E-state index contributed by atoms with van der Waals surface area (Å²) in [7, 11) is 1.45. The summed E-state index contributed by atoms with van der Waals surface area (Å²) in [5.41, 5.74) is 0.816. The van der Waals surface area contributed by atoms with Gasteiger partial charge in [0.2, 0.25) is 0 Å². The predicted octanol–water partition coefficient (Wildman–Crippen LogP) is 3.82. The molecule has 0 aromatic heterocycles. The Labute approximate surface area is 129 Å². The summed E-state index contributed by atoms with van der Waals surface area (Å²) in [6.07, 6.45) is 1.42. The molecule has 2 aromatic rings. The molecule has 0 amide bonds. The maximum absolute atomic E-state index is 10.7. The SMILES string of the molecule is COc1cc(Br)cc(C=Nc2cccc([N+](=O)[O-])c2)c1O. The smallest absolute Gasteiger partial charge is 0.271 e. The number of aliphatic imine (C=N–C) groups is 1. The minimum Gasteiger partial charge on any atom is -0.504 e. The van der Waals surface area contributed by atoms with Crippen molar-refractivity contribution in [2.24, 2.45) is 4.99 Å². The zero-order valence-electron chi connectivity index (χ0n) is 11.0. The molecule has 21 heavy (non-hydrogen) atoms. The van der Waals surface area contributed by atoms with Crippen LogP contribution >= 0.6 is 15.9 Å². The van der Waals surface area contributed by atoms with Gasteiger partial charge in [-0.25, -0.2) is 0 Å². The number of rotatable bonds is 4. The molecule has 0 aliphatic rings. The standard InChI is InChI=1S/C14H11BrN2O4/c1-21-13-6-10(15)5-9(14(13)18)8-16-11-3-2-4-12(7-11)17(19)20/h2-8,18H,1H3. The highest BCUT2D eigenvalue weighted by molar-refractivity contribution is 9.10. The highest BCUT2D eigenvalue weighted by Gasteiger charge is 2.09. The number of non-ortho nitro benzene ring substituents is 1. The van der Waals surface area contributed by atoms with Crippen molar-refractivity contribution in [2.75, 3.05) is 7.11 Å². The number of halogens is 1. The van der Waals surface area contributed by atoms with Crippen LogP contribution in [0.3, 0.4) is 0 Å². The maximum Gasteiger partial charge on any atom is 0.271 e. The van der Waals surface area contributed by atoms with E-state index in [0.29, 0.717) is 17.0 Å². The van der Waals surface area contributed by atoms with Crippen molar-refractivity contribution in [1.29, 1.82) is 0 Å². The number of nitro groups is 1. The van der Waals surface area contributed by atoms with Gasteiger partial charge in [0.1, 0.15) is 0 Å². The Balaban J connectivity index is 2.35. The van der Waals surface area contributed by atoms with E-state index in [1.165, 1.54) is 25.5 Å². The Hall–Kier alpha value is -2.41. The van der Waals surface area contributed by atoms with Crippen LogP contribution in [0.25, 0.3) is 0 Å². The third kappa shape index (κ3) is 3.57. The van der Waals surface area contributed by atoms with Gasteiger partial charge in [-0.2, -0.15) is 0 Å². The van der Waals surface area contributed by atoms with Gasteiger partial charge in [-0.1, -0.05) is 22.0 Å². The quantitative estimate of drug-likeness (QED) is 0.515. The fourth-order valence-electron chi connectivity index (χ4n) is 1.68. The molecule has 0 unspecified atom stereocenters. The van der Waals surface area contributed by atoms with Crippen LogP contribution < -0.4 is 4.74 Å². The molecule has 0 saturated heterocycles. The number of hydrogen-bond donors (Lipinski definition) is 1. The normalized spacial score (nSPS) is 10.8. The zero-order valence-corrected chi connectivity index (χ0v) is 12.6. The van der Waals surface area contributed by atoms with Crippen LogP contribution in [0.15, 0.2) is 45.9 Å². The molecule has 0 saturated carbocycles. The Kier molecular flexibility index (Phi) is 4.54. The molecule has 0 fully saturated rings. The molecule has 7 heteroatoms. The van der Waals surface area contributed by atoms with E-state index >= 15 is 0 Å². The second-order valence-corrected chi connectivity index (χ2v) is 5.00. The molecule has 0 aliphatic carbocycles. The highest BCUT2D eigenvalue weighted by atomic mass is 79.9. The molecule has 0 atom stereocenters. The molecular formula is C14H11BrN2O4. The fourth-order valence-corrected chi connectivity index (χ4v) is 2.13. The number of nitro benzene ring substituents is 1. The third-order valence-electron chi connectivity index (χ3n) is 2.68. The molecule has 0 bridgehead atoms. The van der Waals surface area contributed by atoms with Gasteiger partial charge in [0.15, 0.2) is 11.5 Å². The van der Waals surface area contributed by atoms with Crippen LogP contribution in [0.1, 0.15) is 5.56 Å². The van der Waals surface area contributed by atoms with Gasteiger partial charge >= 0.3 is 0 Å². The first-order chi connectivity index (χ1) is 10.0. The number of ether oxygens (including phenoxy) is 1. The Bertz CT molecular complexity index is 716. The summed E-state index contributed by atoms with van der Waals surface area (Å²) in [4.78, 5) is 14.3. The van der Waals surface area contributed by atoms with Crippen molar-refractivity contribution in [1.82, 2.24) is 0 Å². The van der Waals surface area contributed by atoms with Crippen molar-refractivity contribution >= 4 is 33.5 Å². The van der Waals surface area contributed by atoms with Gasteiger partial charge < -0.3 is 9.84 Å². The first kappa shape index (κ1) is 15.0. The van der Waals surface area contributed by atoms with Gasteiger partial charge in [-0.05, 0) is 18.2 Å². The van der Waals surface area contributed by atoms with Crippen LogP contribution in [0.4, 0.5) is 11.4 Å². The van der Waals surface area contributed by atoms with E-state index in [9.17, 15) is 15.2 Å². The monoisotopic (exact) mass is 350 g/mol.